The molecule has 1 unspecified atom stereocenters. The molecule has 0 aromatic heterocycles. The number of amides is 2. The average molecular weight is 392 g/mol. The number of likely N-dealkylation sites (tertiary alicyclic amines) is 1. The van der Waals surface area contributed by atoms with Gasteiger partial charge in [0.25, 0.3) is 11.8 Å². The molecule has 0 radical (unpaired) electrons. The Morgan fingerprint density at radius 1 is 1.36 bits per heavy atom. The average Bonchev–Trinajstić information content (AvgIpc) is 2.59. The van der Waals surface area contributed by atoms with Gasteiger partial charge in [0.15, 0.2) is 18.1 Å². The maximum Gasteiger partial charge on any atom is 0.255 e. The molecule has 140 valence electrons. The number of hydrogen-bond acceptors (Lipinski definition) is 5. The summed E-state index contributed by atoms with van der Waals surface area (Å²) in [5.74, 6) is -0.323. The van der Waals surface area contributed by atoms with E-state index in [9.17, 15) is 9.59 Å². The molecule has 1 fully saturated rings. The van der Waals surface area contributed by atoms with Gasteiger partial charge in [-0.05, 0) is 31.4 Å². The Morgan fingerprint density at radius 2 is 2.08 bits per heavy atom. The molecule has 0 saturated carbocycles. The summed E-state index contributed by atoms with van der Waals surface area (Å²) >= 11 is 6.20. The van der Waals surface area contributed by atoms with Crippen molar-refractivity contribution < 1.29 is 19.1 Å². The first-order chi connectivity index (χ1) is 11.5. The first kappa shape index (κ1) is 21.3. The first-order valence-electron chi connectivity index (χ1n) is 7.77. The zero-order valence-electron chi connectivity index (χ0n) is 14.0. The third-order valence-electron chi connectivity index (χ3n) is 4.00. The van der Waals surface area contributed by atoms with Crippen LogP contribution in [0.2, 0.25) is 5.02 Å². The second kappa shape index (κ2) is 9.70. The Morgan fingerprint density at radius 3 is 2.68 bits per heavy atom. The highest BCUT2D eigenvalue weighted by Gasteiger charge is 2.27. The second-order valence-electron chi connectivity index (χ2n) is 5.63. The molecule has 25 heavy (non-hydrogen) atoms. The van der Waals surface area contributed by atoms with Crippen LogP contribution < -0.4 is 20.9 Å². The van der Waals surface area contributed by atoms with Crippen LogP contribution in [0.5, 0.6) is 11.5 Å². The highest BCUT2D eigenvalue weighted by Crippen LogP contribution is 2.37. The molecule has 9 heteroatoms. The summed E-state index contributed by atoms with van der Waals surface area (Å²) in [6, 6.07) is 3.08. The number of piperidine rings is 1. The van der Waals surface area contributed by atoms with Gasteiger partial charge in [-0.2, -0.15) is 0 Å². The van der Waals surface area contributed by atoms with E-state index in [4.69, 9.17) is 32.5 Å². The molecule has 1 aliphatic heterocycles. The monoisotopic (exact) mass is 391 g/mol. The van der Waals surface area contributed by atoms with Crippen LogP contribution in [-0.2, 0) is 4.79 Å². The van der Waals surface area contributed by atoms with Crippen LogP contribution in [0.4, 0.5) is 0 Å². The molecule has 2 rings (SSSR count). The van der Waals surface area contributed by atoms with Crippen LogP contribution >= 0.6 is 24.0 Å². The van der Waals surface area contributed by atoms with Crippen molar-refractivity contribution in [2.45, 2.75) is 25.3 Å². The lowest BCUT2D eigenvalue weighted by molar-refractivity contribution is -0.119. The van der Waals surface area contributed by atoms with E-state index in [1.54, 1.807) is 11.0 Å². The zero-order valence-corrected chi connectivity index (χ0v) is 15.6. The van der Waals surface area contributed by atoms with Crippen LogP contribution in [0, 0.1) is 0 Å². The van der Waals surface area contributed by atoms with Crippen LogP contribution in [0.1, 0.15) is 29.6 Å². The number of carbonyl (C=O) groups excluding carboxylic acids is 2. The standard InChI is InChI=1S/C16H22ClN3O4.ClH/c1-23-13-7-10(6-12(17)15(13)24-9-14(19)21)16(22)20-5-3-2-4-11(20)8-18;/h6-7,11H,2-5,8-9,18H2,1H3,(H2,19,21);1H. The summed E-state index contributed by atoms with van der Waals surface area (Å²) in [7, 11) is 1.43. The number of primary amides is 1. The van der Waals surface area contributed by atoms with E-state index >= 15 is 0 Å². The van der Waals surface area contributed by atoms with Crippen LogP contribution in [-0.4, -0.2) is 49.6 Å². The normalized spacial score (nSPS) is 16.8. The largest absolute Gasteiger partial charge is 0.493 e. The first-order valence-corrected chi connectivity index (χ1v) is 8.15. The molecular formula is C16H23Cl2N3O4. The Kier molecular flexibility index (Phi) is 8.28. The van der Waals surface area contributed by atoms with Gasteiger partial charge >= 0.3 is 0 Å². The van der Waals surface area contributed by atoms with E-state index in [1.165, 1.54) is 13.2 Å². The quantitative estimate of drug-likeness (QED) is 0.765. The van der Waals surface area contributed by atoms with Gasteiger partial charge < -0.3 is 25.8 Å². The van der Waals surface area contributed by atoms with Gasteiger partial charge in [-0.15, -0.1) is 12.4 Å². The van der Waals surface area contributed by atoms with Crippen LogP contribution in [0.15, 0.2) is 12.1 Å². The van der Waals surface area contributed by atoms with E-state index in [0.29, 0.717) is 18.7 Å². The summed E-state index contributed by atoms with van der Waals surface area (Å²) in [6.45, 7) is 0.766. The second-order valence-corrected chi connectivity index (χ2v) is 6.04. The van der Waals surface area contributed by atoms with Crippen molar-refractivity contribution in [3.8, 4) is 11.5 Å². The van der Waals surface area contributed by atoms with Crippen LogP contribution in [0.3, 0.4) is 0 Å². The smallest absolute Gasteiger partial charge is 0.255 e. The molecule has 0 bridgehead atoms. The van der Waals surface area contributed by atoms with Gasteiger partial charge in [0.1, 0.15) is 0 Å². The van der Waals surface area contributed by atoms with Crippen molar-refractivity contribution in [3.63, 3.8) is 0 Å². The number of carbonyl (C=O) groups is 2. The van der Waals surface area contributed by atoms with Crippen LogP contribution in [0.25, 0.3) is 0 Å². The summed E-state index contributed by atoms with van der Waals surface area (Å²) < 4.78 is 10.5. The molecule has 1 atom stereocenters. The molecule has 1 aromatic rings. The van der Waals surface area contributed by atoms with E-state index in [2.05, 4.69) is 0 Å². The maximum atomic E-state index is 12.8. The highest BCUT2D eigenvalue weighted by molar-refractivity contribution is 6.32. The number of ether oxygens (including phenoxy) is 2. The van der Waals surface area contributed by atoms with E-state index in [1.807, 2.05) is 0 Å². The van der Waals surface area contributed by atoms with Crippen molar-refractivity contribution in [1.82, 2.24) is 4.90 Å². The van der Waals surface area contributed by atoms with E-state index in [0.717, 1.165) is 19.3 Å². The number of hydrogen-bond donors (Lipinski definition) is 2. The number of nitrogens with two attached hydrogens (primary N) is 2. The van der Waals surface area contributed by atoms with Crippen molar-refractivity contribution in [1.29, 1.82) is 0 Å². The Hall–Kier alpha value is -1.70. The fourth-order valence-corrected chi connectivity index (χ4v) is 3.07. The number of benzene rings is 1. The minimum Gasteiger partial charge on any atom is -0.493 e. The third kappa shape index (κ3) is 5.14. The Balaban J connectivity index is 0.00000312. The predicted octanol–water partition coefficient (Wildman–Crippen LogP) is 1.59. The molecule has 2 amide bonds. The number of rotatable bonds is 6. The lowest BCUT2D eigenvalue weighted by atomic mass is 10.0. The Bertz CT molecular complexity index is 628. The van der Waals surface area contributed by atoms with E-state index in [-0.39, 0.29) is 47.5 Å². The maximum absolute atomic E-state index is 12.8. The van der Waals surface area contributed by atoms with Crippen molar-refractivity contribution in [3.05, 3.63) is 22.7 Å². The summed E-state index contributed by atoms with van der Waals surface area (Å²) in [5, 5.41) is 0.181. The zero-order chi connectivity index (χ0) is 17.7. The molecule has 4 N–H and O–H groups in total. The summed E-state index contributed by atoms with van der Waals surface area (Å²) in [6.07, 6.45) is 2.91. The Labute approximate surface area is 158 Å². The number of methoxy groups -OCH3 is 1. The molecule has 0 spiro atoms. The van der Waals surface area contributed by atoms with Gasteiger partial charge in [0, 0.05) is 24.7 Å². The highest BCUT2D eigenvalue weighted by atomic mass is 35.5. The summed E-state index contributed by atoms with van der Waals surface area (Å²) in [5.41, 5.74) is 11.2. The minimum absolute atomic E-state index is 0. The minimum atomic E-state index is -0.632. The fraction of sp³-hybridized carbons (Fsp3) is 0.500. The lowest BCUT2D eigenvalue weighted by Gasteiger charge is -2.35. The predicted molar refractivity (Wildman–Crippen MR) is 97.7 cm³/mol. The van der Waals surface area contributed by atoms with Gasteiger partial charge in [-0.3, -0.25) is 9.59 Å². The van der Waals surface area contributed by atoms with E-state index < -0.39 is 5.91 Å². The SMILES string of the molecule is COc1cc(C(=O)N2CCCCC2CN)cc(Cl)c1OCC(N)=O.Cl. The molecule has 1 aliphatic rings. The molecule has 0 aliphatic carbocycles. The lowest BCUT2D eigenvalue weighted by Crippen LogP contribution is -2.47. The van der Waals surface area contributed by atoms with Crippen molar-refractivity contribution >= 4 is 35.8 Å². The van der Waals surface area contributed by atoms with Gasteiger partial charge in [-0.25, -0.2) is 0 Å². The topological polar surface area (TPSA) is 108 Å². The van der Waals surface area contributed by atoms with Gasteiger partial charge in [0.2, 0.25) is 0 Å². The molecule has 1 heterocycles. The third-order valence-corrected chi connectivity index (χ3v) is 4.28. The van der Waals surface area contributed by atoms with Gasteiger partial charge in [0.05, 0.1) is 12.1 Å². The fourth-order valence-electron chi connectivity index (χ4n) is 2.81. The molecule has 1 aromatic carbocycles. The molecular weight excluding hydrogens is 369 g/mol. The number of halogens is 2. The molecule has 1 saturated heterocycles. The number of nitrogens with zero attached hydrogens (tertiary/aromatic N) is 1. The van der Waals surface area contributed by atoms with Crippen molar-refractivity contribution in [2.75, 3.05) is 26.8 Å². The molecule has 7 nitrogen and oxygen atoms in total. The summed E-state index contributed by atoms with van der Waals surface area (Å²) in [4.78, 5) is 25.5. The van der Waals surface area contributed by atoms with Gasteiger partial charge in [-0.1, -0.05) is 11.6 Å². The van der Waals surface area contributed by atoms with Crippen molar-refractivity contribution in [2.24, 2.45) is 11.5 Å².